The highest BCUT2D eigenvalue weighted by Gasteiger charge is 2.52. The summed E-state index contributed by atoms with van der Waals surface area (Å²) in [5, 5.41) is 2.97. The number of urea groups is 1. The van der Waals surface area contributed by atoms with Crippen molar-refractivity contribution < 1.29 is 9.59 Å². The molecule has 26 heavy (non-hydrogen) atoms. The van der Waals surface area contributed by atoms with Gasteiger partial charge in [-0.1, -0.05) is 30.3 Å². The van der Waals surface area contributed by atoms with Gasteiger partial charge in [0.05, 0.1) is 12.2 Å². The molecule has 2 aromatic heterocycles. The number of hydrogen-bond acceptors (Lipinski definition) is 3. The predicted molar refractivity (Wildman–Crippen MR) is 95.5 cm³/mol. The minimum absolute atomic E-state index is 0.144. The molecule has 3 heterocycles. The number of nitrogens with zero attached hydrogens (tertiary/aromatic N) is 3. The quantitative estimate of drug-likeness (QED) is 0.724. The number of carbonyl (C=O) groups is 2. The van der Waals surface area contributed by atoms with Crippen molar-refractivity contribution in [3.05, 3.63) is 71.7 Å². The minimum atomic E-state index is -0.815. The number of rotatable bonds is 2. The van der Waals surface area contributed by atoms with Crippen molar-refractivity contribution in [1.82, 2.24) is 19.6 Å². The predicted octanol–water partition coefficient (Wildman–Crippen LogP) is 2.31. The van der Waals surface area contributed by atoms with Crippen LogP contribution in [0, 0.1) is 0 Å². The van der Waals surface area contributed by atoms with Crippen molar-refractivity contribution in [1.29, 1.82) is 0 Å². The van der Waals surface area contributed by atoms with Crippen LogP contribution in [0.3, 0.4) is 0 Å². The molecule has 1 aliphatic carbocycles. The lowest BCUT2D eigenvalue weighted by Gasteiger charge is -2.32. The number of pyridine rings is 1. The molecule has 1 aromatic carbocycles. The Morgan fingerprint density at radius 3 is 2.73 bits per heavy atom. The van der Waals surface area contributed by atoms with Gasteiger partial charge in [0.25, 0.3) is 5.91 Å². The summed E-state index contributed by atoms with van der Waals surface area (Å²) in [7, 11) is 0. The fraction of sp³-hybridized carbons (Fsp3) is 0.250. The molecule has 3 aromatic rings. The Labute approximate surface area is 150 Å². The Morgan fingerprint density at radius 1 is 1.08 bits per heavy atom. The topological polar surface area (TPSA) is 66.7 Å². The lowest BCUT2D eigenvalue weighted by Crippen LogP contribution is -2.51. The number of nitrogens with one attached hydrogen (secondary N) is 1. The Hall–Kier alpha value is -3.15. The first-order valence-corrected chi connectivity index (χ1v) is 8.78. The first-order valence-electron chi connectivity index (χ1n) is 8.78. The summed E-state index contributed by atoms with van der Waals surface area (Å²) in [6.07, 6.45) is 5.74. The molecule has 1 atom stereocenters. The van der Waals surface area contributed by atoms with E-state index in [2.05, 4.69) is 16.4 Å². The molecule has 3 amide bonds. The maximum atomic E-state index is 13.1. The molecule has 1 aliphatic heterocycles. The average molecular weight is 346 g/mol. The van der Waals surface area contributed by atoms with E-state index >= 15 is 0 Å². The fourth-order valence-corrected chi connectivity index (χ4v) is 4.07. The van der Waals surface area contributed by atoms with E-state index < -0.39 is 5.54 Å². The van der Waals surface area contributed by atoms with Gasteiger partial charge in [-0.25, -0.2) is 9.78 Å². The van der Waals surface area contributed by atoms with Gasteiger partial charge in [0.1, 0.15) is 11.2 Å². The Morgan fingerprint density at radius 2 is 1.88 bits per heavy atom. The molecule has 1 saturated heterocycles. The second-order valence-corrected chi connectivity index (χ2v) is 7.05. The molecule has 6 heteroatoms. The standard InChI is InChI=1S/C20H18N4O2/c25-18-20(9-8-14-5-1-2-6-15(14)11-20)22-19(26)24(18)13-16-12-23-10-4-3-7-17(23)21-16/h1-7,10,12H,8-9,11,13H2,(H,22,26). The highest BCUT2D eigenvalue weighted by molar-refractivity contribution is 6.07. The van der Waals surface area contributed by atoms with Gasteiger partial charge in [0.15, 0.2) is 0 Å². The molecule has 1 spiro atoms. The first kappa shape index (κ1) is 15.1. The van der Waals surface area contributed by atoms with Gasteiger partial charge in [-0.15, -0.1) is 0 Å². The zero-order chi connectivity index (χ0) is 17.7. The van der Waals surface area contributed by atoms with E-state index in [1.807, 2.05) is 53.2 Å². The smallest absolute Gasteiger partial charge is 0.323 e. The third-order valence-corrected chi connectivity index (χ3v) is 5.41. The zero-order valence-corrected chi connectivity index (χ0v) is 14.2. The average Bonchev–Trinajstić information content (AvgIpc) is 3.16. The van der Waals surface area contributed by atoms with Gasteiger partial charge >= 0.3 is 6.03 Å². The number of amides is 3. The largest absolute Gasteiger partial charge is 0.325 e. The number of hydrogen-bond donors (Lipinski definition) is 1. The van der Waals surface area contributed by atoms with Gasteiger partial charge in [-0.3, -0.25) is 9.69 Å². The molecule has 6 nitrogen and oxygen atoms in total. The van der Waals surface area contributed by atoms with Crippen molar-refractivity contribution in [3.8, 4) is 0 Å². The molecular formula is C20H18N4O2. The summed E-state index contributed by atoms with van der Waals surface area (Å²) in [5.41, 5.74) is 3.09. The Balaban J connectivity index is 1.43. The number of carbonyl (C=O) groups excluding carboxylic acids is 2. The van der Waals surface area contributed by atoms with E-state index in [9.17, 15) is 9.59 Å². The summed E-state index contributed by atoms with van der Waals surface area (Å²) in [5.74, 6) is -0.144. The molecule has 2 aliphatic rings. The third kappa shape index (κ3) is 2.22. The van der Waals surface area contributed by atoms with Crippen molar-refractivity contribution in [2.75, 3.05) is 0 Å². The van der Waals surface area contributed by atoms with Gasteiger partial charge in [-0.2, -0.15) is 0 Å². The van der Waals surface area contributed by atoms with Gasteiger partial charge in [0.2, 0.25) is 0 Å². The van der Waals surface area contributed by atoms with E-state index in [1.54, 1.807) is 0 Å². The van der Waals surface area contributed by atoms with Crippen LogP contribution in [0.4, 0.5) is 4.79 Å². The van der Waals surface area contributed by atoms with Gasteiger partial charge < -0.3 is 9.72 Å². The van der Waals surface area contributed by atoms with Gasteiger partial charge in [-0.05, 0) is 36.1 Å². The van der Waals surface area contributed by atoms with Crippen molar-refractivity contribution >= 4 is 17.6 Å². The minimum Gasteiger partial charge on any atom is -0.323 e. The number of aromatic nitrogens is 2. The van der Waals surface area contributed by atoms with E-state index in [1.165, 1.54) is 10.5 Å². The van der Waals surface area contributed by atoms with E-state index in [0.717, 1.165) is 17.6 Å². The maximum absolute atomic E-state index is 13.1. The molecule has 130 valence electrons. The maximum Gasteiger partial charge on any atom is 0.325 e. The normalized spacial score (nSPS) is 22.1. The number of imide groups is 1. The molecule has 1 fully saturated rings. The van der Waals surface area contributed by atoms with Gasteiger partial charge in [0, 0.05) is 18.8 Å². The summed E-state index contributed by atoms with van der Waals surface area (Å²) < 4.78 is 1.89. The van der Waals surface area contributed by atoms with Crippen molar-refractivity contribution in [3.63, 3.8) is 0 Å². The molecule has 0 bridgehead atoms. The van der Waals surface area contributed by atoms with E-state index in [0.29, 0.717) is 18.5 Å². The highest BCUT2D eigenvalue weighted by atomic mass is 16.2. The van der Waals surface area contributed by atoms with Crippen LogP contribution in [0.2, 0.25) is 0 Å². The highest BCUT2D eigenvalue weighted by Crippen LogP contribution is 2.34. The third-order valence-electron chi connectivity index (χ3n) is 5.41. The van der Waals surface area contributed by atoms with Crippen molar-refractivity contribution in [2.45, 2.75) is 31.3 Å². The Kier molecular flexibility index (Phi) is 3.16. The second-order valence-electron chi connectivity index (χ2n) is 7.05. The summed E-state index contributed by atoms with van der Waals surface area (Å²) in [4.78, 5) is 31.5. The monoisotopic (exact) mass is 346 g/mol. The van der Waals surface area contributed by atoms with Crippen LogP contribution in [-0.2, 0) is 24.2 Å². The van der Waals surface area contributed by atoms with Crippen LogP contribution in [0.1, 0.15) is 23.2 Å². The summed E-state index contributed by atoms with van der Waals surface area (Å²) in [6, 6.07) is 13.5. The number of imidazole rings is 1. The molecule has 0 saturated carbocycles. The molecular weight excluding hydrogens is 328 g/mol. The van der Waals surface area contributed by atoms with Crippen LogP contribution >= 0.6 is 0 Å². The van der Waals surface area contributed by atoms with Crippen LogP contribution in [0.25, 0.3) is 5.65 Å². The van der Waals surface area contributed by atoms with E-state index in [4.69, 9.17) is 0 Å². The second kappa shape index (κ2) is 5.42. The zero-order valence-electron chi connectivity index (χ0n) is 14.2. The molecule has 0 radical (unpaired) electrons. The fourth-order valence-electron chi connectivity index (χ4n) is 4.07. The lowest BCUT2D eigenvalue weighted by molar-refractivity contribution is -0.132. The number of aryl methyl sites for hydroxylation is 1. The summed E-state index contributed by atoms with van der Waals surface area (Å²) >= 11 is 0. The molecule has 1 unspecified atom stereocenters. The molecule has 5 rings (SSSR count). The Bertz CT molecular complexity index is 1010. The number of benzene rings is 1. The number of fused-ring (bicyclic) bond motifs is 2. The van der Waals surface area contributed by atoms with Crippen LogP contribution in [0.5, 0.6) is 0 Å². The first-order chi connectivity index (χ1) is 12.6. The lowest BCUT2D eigenvalue weighted by atomic mass is 9.78. The summed E-state index contributed by atoms with van der Waals surface area (Å²) in [6.45, 7) is 0.190. The van der Waals surface area contributed by atoms with Crippen LogP contribution in [0.15, 0.2) is 54.9 Å². The van der Waals surface area contributed by atoms with Crippen molar-refractivity contribution in [2.24, 2.45) is 0 Å². The van der Waals surface area contributed by atoms with Crippen LogP contribution < -0.4 is 5.32 Å². The molecule has 1 N–H and O–H groups in total. The SMILES string of the molecule is O=C1NC2(CCc3ccccc3C2)C(=O)N1Cc1cn2ccccc2n1. The van der Waals surface area contributed by atoms with E-state index in [-0.39, 0.29) is 18.5 Å². The van der Waals surface area contributed by atoms with Crippen LogP contribution in [-0.4, -0.2) is 31.8 Å².